The number of thiazole rings is 1. The van der Waals surface area contributed by atoms with Gasteiger partial charge in [-0.15, -0.1) is 11.3 Å². The van der Waals surface area contributed by atoms with Crippen LogP contribution in [0.4, 0.5) is 4.79 Å². The maximum Gasteiger partial charge on any atom is 0.410 e. The lowest BCUT2D eigenvalue weighted by atomic mass is 10.2. The Balaban J connectivity index is 1.90. The molecular formula is C16H21N3O2S. The van der Waals surface area contributed by atoms with Gasteiger partial charge in [-0.2, -0.15) is 0 Å². The Kier molecular flexibility index (Phi) is 5.13. The van der Waals surface area contributed by atoms with Crippen molar-refractivity contribution in [2.45, 2.75) is 32.8 Å². The first-order chi connectivity index (χ1) is 10.3. The molecule has 0 saturated heterocycles. The molecule has 2 rings (SSSR count). The smallest absolute Gasteiger partial charge is 0.410 e. The Bertz CT molecular complexity index is 620. The second kappa shape index (κ2) is 6.87. The standard InChI is InChI=1S/C16H21N3O2S/c1-16(2,3)21-15(20)19(4)10-7-14-18-13(11-22-14)12-5-8-17-9-6-12/h5-6,8-9,11H,7,10H2,1-4H3. The van der Waals surface area contributed by atoms with Crippen molar-refractivity contribution in [1.82, 2.24) is 14.9 Å². The molecule has 5 nitrogen and oxygen atoms in total. The van der Waals surface area contributed by atoms with Crippen LogP contribution in [0.25, 0.3) is 11.3 Å². The van der Waals surface area contributed by atoms with Gasteiger partial charge < -0.3 is 9.64 Å². The molecule has 6 heteroatoms. The van der Waals surface area contributed by atoms with Gasteiger partial charge in [0.25, 0.3) is 0 Å². The lowest BCUT2D eigenvalue weighted by molar-refractivity contribution is 0.0301. The summed E-state index contributed by atoms with van der Waals surface area (Å²) in [6, 6.07) is 3.87. The number of likely N-dealkylation sites (N-methyl/N-ethyl adjacent to an activating group) is 1. The summed E-state index contributed by atoms with van der Waals surface area (Å²) in [4.78, 5) is 22.1. The van der Waals surface area contributed by atoms with Gasteiger partial charge in [0.15, 0.2) is 0 Å². The van der Waals surface area contributed by atoms with E-state index >= 15 is 0 Å². The molecule has 0 unspecified atom stereocenters. The molecule has 0 radical (unpaired) electrons. The van der Waals surface area contributed by atoms with Gasteiger partial charge in [-0.05, 0) is 32.9 Å². The van der Waals surface area contributed by atoms with Gasteiger partial charge >= 0.3 is 6.09 Å². The Morgan fingerprint density at radius 1 is 1.32 bits per heavy atom. The van der Waals surface area contributed by atoms with Crippen molar-refractivity contribution in [3.8, 4) is 11.3 Å². The summed E-state index contributed by atoms with van der Waals surface area (Å²) >= 11 is 1.60. The molecule has 22 heavy (non-hydrogen) atoms. The molecule has 0 saturated carbocycles. The van der Waals surface area contributed by atoms with E-state index in [1.807, 2.05) is 38.3 Å². The van der Waals surface area contributed by atoms with E-state index in [0.29, 0.717) is 13.0 Å². The van der Waals surface area contributed by atoms with Crippen molar-refractivity contribution in [1.29, 1.82) is 0 Å². The first-order valence-electron chi connectivity index (χ1n) is 7.14. The highest BCUT2D eigenvalue weighted by Gasteiger charge is 2.19. The Labute approximate surface area is 135 Å². The number of hydrogen-bond acceptors (Lipinski definition) is 5. The number of nitrogens with zero attached hydrogens (tertiary/aromatic N) is 3. The van der Waals surface area contributed by atoms with Gasteiger partial charge in [0.2, 0.25) is 0 Å². The van der Waals surface area contributed by atoms with E-state index in [1.54, 1.807) is 35.7 Å². The van der Waals surface area contributed by atoms with Gasteiger partial charge in [0.1, 0.15) is 5.60 Å². The number of ether oxygens (including phenoxy) is 1. The van der Waals surface area contributed by atoms with E-state index in [-0.39, 0.29) is 6.09 Å². The molecule has 0 atom stereocenters. The van der Waals surface area contributed by atoms with E-state index < -0.39 is 5.60 Å². The second-order valence-corrected chi connectivity index (χ2v) is 6.96. The number of amides is 1. The maximum atomic E-state index is 11.9. The number of hydrogen-bond donors (Lipinski definition) is 0. The number of carbonyl (C=O) groups excluding carboxylic acids is 1. The summed E-state index contributed by atoms with van der Waals surface area (Å²) in [6.45, 7) is 6.17. The van der Waals surface area contributed by atoms with E-state index in [4.69, 9.17) is 4.74 Å². The van der Waals surface area contributed by atoms with Crippen LogP contribution in [0.3, 0.4) is 0 Å². The van der Waals surface area contributed by atoms with Gasteiger partial charge in [-0.1, -0.05) is 0 Å². The molecule has 0 spiro atoms. The summed E-state index contributed by atoms with van der Waals surface area (Å²) in [5.41, 5.74) is 1.53. The van der Waals surface area contributed by atoms with Crippen molar-refractivity contribution < 1.29 is 9.53 Å². The third-order valence-electron chi connectivity index (χ3n) is 2.89. The molecule has 1 amide bonds. The average Bonchev–Trinajstić information content (AvgIpc) is 2.92. The minimum Gasteiger partial charge on any atom is -0.444 e. The minimum atomic E-state index is -0.471. The summed E-state index contributed by atoms with van der Waals surface area (Å²) in [5, 5.41) is 3.03. The lowest BCUT2D eigenvalue weighted by Crippen LogP contribution is -2.35. The fourth-order valence-corrected chi connectivity index (χ4v) is 2.57. The summed E-state index contributed by atoms with van der Waals surface area (Å²) < 4.78 is 5.33. The summed E-state index contributed by atoms with van der Waals surface area (Å²) in [7, 11) is 1.74. The molecule has 0 N–H and O–H groups in total. The topological polar surface area (TPSA) is 55.3 Å². The van der Waals surface area contributed by atoms with Crippen LogP contribution in [0.15, 0.2) is 29.9 Å². The SMILES string of the molecule is CN(CCc1nc(-c2ccncc2)cs1)C(=O)OC(C)(C)C. The quantitative estimate of drug-likeness (QED) is 0.864. The first kappa shape index (κ1) is 16.4. The Morgan fingerprint density at radius 2 is 2.00 bits per heavy atom. The van der Waals surface area contributed by atoms with Crippen LogP contribution < -0.4 is 0 Å². The zero-order valence-electron chi connectivity index (χ0n) is 13.4. The molecular weight excluding hydrogens is 298 g/mol. The highest BCUT2D eigenvalue weighted by Crippen LogP contribution is 2.21. The van der Waals surface area contributed by atoms with Crippen LogP contribution in [0.1, 0.15) is 25.8 Å². The number of carbonyl (C=O) groups is 1. The molecule has 2 aromatic rings. The van der Waals surface area contributed by atoms with Crippen LogP contribution in [0.5, 0.6) is 0 Å². The Hall–Kier alpha value is -1.95. The fraction of sp³-hybridized carbons (Fsp3) is 0.438. The van der Waals surface area contributed by atoms with Crippen LogP contribution >= 0.6 is 11.3 Å². The monoisotopic (exact) mass is 319 g/mol. The summed E-state index contributed by atoms with van der Waals surface area (Å²) in [5.74, 6) is 0. The van der Waals surface area contributed by atoms with Crippen molar-refractivity contribution in [2.75, 3.05) is 13.6 Å². The minimum absolute atomic E-state index is 0.307. The Morgan fingerprint density at radius 3 is 2.64 bits per heavy atom. The molecule has 0 bridgehead atoms. The van der Waals surface area contributed by atoms with Crippen molar-refractivity contribution >= 4 is 17.4 Å². The summed E-state index contributed by atoms with van der Waals surface area (Å²) in [6.07, 6.45) is 3.92. The zero-order chi connectivity index (χ0) is 16.2. The lowest BCUT2D eigenvalue weighted by Gasteiger charge is -2.24. The first-order valence-corrected chi connectivity index (χ1v) is 8.02. The van der Waals surface area contributed by atoms with Crippen LogP contribution in [0, 0.1) is 0 Å². The predicted molar refractivity (Wildman–Crippen MR) is 87.9 cm³/mol. The van der Waals surface area contributed by atoms with Gasteiger partial charge in [-0.25, -0.2) is 9.78 Å². The van der Waals surface area contributed by atoms with Crippen LogP contribution in [-0.2, 0) is 11.2 Å². The highest BCUT2D eigenvalue weighted by molar-refractivity contribution is 7.09. The molecule has 118 valence electrons. The van der Waals surface area contributed by atoms with Crippen LogP contribution in [-0.4, -0.2) is 40.2 Å². The maximum absolute atomic E-state index is 11.9. The molecule has 0 aliphatic rings. The second-order valence-electron chi connectivity index (χ2n) is 6.01. The molecule has 2 heterocycles. The van der Waals surface area contributed by atoms with Gasteiger partial charge in [0, 0.05) is 43.4 Å². The fourth-order valence-electron chi connectivity index (χ4n) is 1.78. The van der Waals surface area contributed by atoms with Crippen LogP contribution in [0.2, 0.25) is 0 Å². The number of aromatic nitrogens is 2. The zero-order valence-corrected chi connectivity index (χ0v) is 14.2. The van der Waals surface area contributed by atoms with Crippen molar-refractivity contribution in [3.63, 3.8) is 0 Å². The number of pyridine rings is 1. The predicted octanol–water partition coefficient (Wildman–Crippen LogP) is 3.61. The van der Waals surface area contributed by atoms with Crippen molar-refractivity contribution in [2.24, 2.45) is 0 Å². The molecule has 0 fully saturated rings. The van der Waals surface area contributed by atoms with Gasteiger partial charge in [0.05, 0.1) is 10.7 Å². The number of rotatable bonds is 4. The molecule has 0 aliphatic carbocycles. The van der Waals surface area contributed by atoms with E-state index in [0.717, 1.165) is 16.3 Å². The molecule has 2 aromatic heterocycles. The molecule has 0 aromatic carbocycles. The van der Waals surface area contributed by atoms with E-state index in [2.05, 4.69) is 9.97 Å². The highest BCUT2D eigenvalue weighted by atomic mass is 32.1. The molecule has 0 aliphatic heterocycles. The van der Waals surface area contributed by atoms with E-state index in [1.165, 1.54) is 0 Å². The van der Waals surface area contributed by atoms with E-state index in [9.17, 15) is 4.79 Å². The normalized spacial score (nSPS) is 11.3. The third-order valence-corrected chi connectivity index (χ3v) is 3.80. The van der Waals surface area contributed by atoms with Gasteiger partial charge in [-0.3, -0.25) is 4.98 Å². The largest absolute Gasteiger partial charge is 0.444 e. The third kappa shape index (κ3) is 4.80. The van der Waals surface area contributed by atoms with Crippen molar-refractivity contribution in [3.05, 3.63) is 34.9 Å². The average molecular weight is 319 g/mol.